The van der Waals surface area contributed by atoms with E-state index in [1.807, 2.05) is 20.8 Å². The van der Waals surface area contributed by atoms with Gasteiger partial charge < -0.3 is 29.6 Å². The number of hydrogen-bond acceptors (Lipinski definition) is 8. The van der Waals surface area contributed by atoms with Gasteiger partial charge in [0.15, 0.2) is 18.2 Å². The number of aliphatic hydroxyl groups is 1. The second-order valence-corrected chi connectivity index (χ2v) is 13.3. The molecule has 0 radical (unpaired) electrons. The fraction of sp³-hybridized carbons (Fsp3) is 0.700. The number of nitrogens with one attached hydrogen (secondary N) is 1. The Balaban J connectivity index is 1.46. The van der Waals surface area contributed by atoms with Gasteiger partial charge in [0.05, 0.1) is 12.7 Å². The van der Waals surface area contributed by atoms with E-state index in [0.717, 1.165) is 12.8 Å². The zero-order valence-corrected chi connectivity index (χ0v) is 24.5. The van der Waals surface area contributed by atoms with Crippen LogP contribution >= 0.6 is 0 Å². The molecular formula is C30H41BFNO8. The Morgan fingerprint density at radius 1 is 1.24 bits per heavy atom. The van der Waals surface area contributed by atoms with Crippen LogP contribution in [0.25, 0.3) is 0 Å². The molecular weight excluding hydrogens is 532 g/mol. The first-order valence-electron chi connectivity index (χ1n) is 14.6. The molecule has 3 aliphatic carbocycles. The molecule has 0 aromatic heterocycles. The Hall–Kier alpha value is -2.50. The van der Waals surface area contributed by atoms with Crippen LogP contribution in [0.1, 0.15) is 72.3 Å². The number of rotatable bonds is 6. The van der Waals surface area contributed by atoms with Crippen molar-refractivity contribution in [3.05, 3.63) is 23.5 Å². The summed E-state index contributed by atoms with van der Waals surface area (Å²) in [4.78, 5) is 38.8. The molecule has 1 aromatic carbocycles. The quantitative estimate of drug-likeness (QED) is 0.349. The van der Waals surface area contributed by atoms with Crippen LogP contribution in [-0.4, -0.2) is 60.3 Å². The van der Waals surface area contributed by atoms with E-state index in [2.05, 4.69) is 12.2 Å². The number of ketones is 1. The Morgan fingerprint density at radius 2 is 1.98 bits per heavy atom. The molecule has 41 heavy (non-hydrogen) atoms. The Morgan fingerprint density at radius 3 is 2.68 bits per heavy atom. The van der Waals surface area contributed by atoms with Crippen LogP contribution in [0.4, 0.5) is 4.39 Å². The highest BCUT2D eigenvalue weighted by atomic mass is 19.1. The highest BCUT2D eigenvalue weighted by molar-refractivity contribution is 6.61. The maximum atomic E-state index is 15.0. The fourth-order valence-corrected chi connectivity index (χ4v) is 8.56. The number of esters is 1. The molecule has 224 valence electrons. The van der Waals surface area contributed by atoms with Gasteiger partial charge in [0.1, 0.15) is 11.9 Å². The summed E-state index contributed by atoms with van der Waals surface area (Å²) in [5.41, 5.74) is -1.50. The topological polar surface area (TPSA) is 131 Å². The van der Waals surface area contributed by atoms with E-state index < -0.39 is 54.0 Å². The second kappa shape index (κ2) is 10.6. The first-order chi connectivity index (χ1) is 19.2. The average molecular weight is 573 g/mol. The molecule has 4 aliphatic rings. The van der Waals surface area contributed by atoms with Crippen molar-refractivity contribution in [3.63, 3.8) is 0 Å². The summed E-state index contributed by atoms with van der Waals surface area (Å²) in [6, 6.07) is 2.97. The maximum absolute atomic E-state index is 15.0. The van der Waals surface area contributed by atoms with Gasteiger partial charge in [-0.1, -0.05) is 33.8 Å². The van der Waals surface area contributed by atoms with Crippen molar-refractivity contribution >= 4 is 30.2 Å². The van der Waals surface area contributed by atoms with Crippen molar-refractivity contribution in [2.24, 2.45) is 34.0 Å². The van der Waals surface area contributed by atoms with Crippen LogP contribution in [0.2, 0.25) is 0 Å². The van der Waals surface area contributed by atoms with E-state index in [1.165, 1.54) is 13.0 Å². The van der Waals surface area contributed by atoms with Gasteiger partial charge in [-0.2, -0.15) is 0 Å². The molecule has 5 rings (SSSR count). The first-order valence-corrected chi connectivity index (χ1v) is 14.6. The summed E-state index contributed by atoms with van der Waals surface area (Å²) in [6.07, 6.45) is 1.32. The van der Waals surface area contributed by atoms with Crippen LogP contribution in [0.15, 0.2) is 12.1 Å². The lowest BCUT2D eigenvalue weighted by Crippen LogP contribution is -2.64. The van der Waals surface area contributed by atoms with E-state index in [0.29, 0.717) is 18.4 Å². The van der Waals surface area contributed by atoms with E-state index in [-0.39, 0.29) is 60.2 Å². The van der Waals surface area contributed by atoms with Crippen molar-refractivity contribution in [2.45, 2.75) is 85.5 Å². The molecule has 0 saturated heterocycles. The third-order valence-electron chi connectivity index (χ3n) is 11.1. The minimum absolute atomic E-state index is 0.00708. The third kappa shape index (κ3) is 4.78. The predicted octanol–water partition coefficient (Wildman–Crippen LogP) is 2.28. The molecule has 0 spiro atoms. The van der Waals surface area contributed by atoms with Gasteiger partial charge in [0, 0.05) is 42.1 Å². The van der Waals surface area contributed by atoms with E-state index in [9.17, 15) is 24.5 Å². The zero-order chi connectivity index (χ0) is 29.9. The van der Waals surface area contributed by atoms with Gasteiger partial charge in [0.2, 0.25) is 5.91 Å². The number of benzene rings is 1. The number of hydrogen-bond donors (Lipinski definition) is 3. The monoisotopic (exact) mass is 573 g/mol. The minimum atomic E-state index is -1.40. The Labute approximate surface area is 240 Å². The molecule has 9 nitrogen and oxygen atoms in total. The lowest BCUT2D eigenvalue weighted by Gasteiger charge is -2.62. The molecule has 3 fully saturated rings. The van der Waals surface area contributed by atoms with Gasteiger partial charge in [-0.05, 0) is 54.6 Å². The van der Waals surface area contributed by atoms with Gasteiger partial charge in [-0.25, -0.2) is 9.18 Å². The van der Waals surface area contributed by atoms with Crippen molar-refractivity contribution < 1.29 is 43.0 Å². The number of halogens is 1. The van der Waals surface area contributed by atoms with E-state index in [4.69, 9.17) is 14.1 Å². The largest absolute Gasteiger partial charge is 0.494 e. The van der Waals surface area contributed by atoms with Crippen molar-refractivity contribution in [2.75, 3.05) is 13.2 Å². The number of aliphatic hydroxyl groups excluding tert-OH is 1. The first kappa shape index (κ1) is 30.0. The summed E-state index contributed by atoms with van der Waals surface area (Å²) in [5.74, 6) is -2.35. The fourth-order valence-electron chi connectivity index (χ4n) is 8.56. The number of fused-ring (bicyclic) bond motifs is 1. The molecule has 0 unspecified atom stereocenters. The SMILES string of the molecule is CC(=O)NC[C@]1(C)C[C@@H](OC(=O)COc2ccc3c(c2F)B(O)OC3)[C@@]2(C)[C@@H]3C(=O)CC[C@@]3(CC[C@@H]2C)[C@@H](C)[C@@H]1O. The number of carbonyl (C=O) groups is 3. The number of ether oxygens (including phenoxy) is 2. The van der Waals surface area contributed by atoms with Crippen LogP contribution in [0, 0.1) is 39.8 Å². The van der Waals surface area contributed by atoms with Crippen molar-refractivity contribution in [3.8, 4) is 5.75 Å². The zero-order valence-electron chi connectivity index (χ0n) is 24.5. The van der Waals surface area contributed by atoms with Crippen LogP contribution < -0.4 is 15.5 Å². The van der Waals surface area contributed by atoms with Crippen LogP contribution in [0.3, 0.4) is 0 Å². The maximum Gasteiger partial charge on any atom is 0.494 e. The molecule has 1 aliphatic heterocycles. The Bertz CT molecular complexity index is 1250. The van der Waals surface area contributed by atoms with Gasteiger partial charge in [-0.3, -0.25) is 9.59 Å². The lowest BCUT2D eigenvalue weighted by atomic mass is 9.44. The average Bonchev–Trinajstić information content (AvgIpc) is 3.48. The highest BCUT2D eigenvalue weighted by Gasteiger charge is 2.68. The predicted molar refractivity (Wildman–Crippen MR) is 147 cm³/mol. The smallest absolute Gasteiger partial charge is 0.479 e. The second-order valence-electron chi connectivity index (χ2n) is 13.3. The Kier molecular flexibility index (Phi) is 7.79. The molecule has 3 N–H and O–H groups in total. The highest BCUT2D eigenvalue weighted by Crippen LogP contribution is 2.67. The summed E-state index contributed by atoms with van der Waals surface area (Å²) in [7, 11) is -1.40. The summed E-state index contributed by atoms with van der Waals surface area (Å²) in [5, 5.41) is 24.6. The number of Topliss-reactive ketones (excluding diaryl/α,β-unsaturated/α-hetero) is 1. The molecule has 1 aromatic rings. The summed E-state index contributed by atoms with van der Waals surface area (Å²) in [6.45, 7) is 9.14. The molecule has 3 saturated carbocycles. The molecule has 1 amide bonds. The van der Waals surface area contributed by atoms with Crippen LogP contribution in [0.5, 0.6) is 5.75 Å². The van der Waals surface area contributed by atoms with Gasteiger partial charge in [-0.15, -0.1) is 0 Å². The van der Waals surface area contributed by atoms with Crippen LogP contribution in [-0.2, 0) is 30.4 Å². The summed E-state index contributed by atoms with van der Waals surface area (Å²) < 4.78 is 31.8. The standard InChI is InChI=1S/C30H41BFNO8/c1-16-8-10-30-11-9-20(35)26(30)29(16,5)22(12-28(4,15-33-18(3)34)27(37)17(30)2)41-23(36)14-39-21-7-6-19-13-40-31(38)24(19)25(21)32/h6-7,16-17,22,26-27,37-38H,8-15H2,1-5H3,(H,33,34)/t16-,17-,22+,26-,27-,28-,29-,30-/m0/s1. The lowest BCUT2D eigenvalue weighted by molar-refractivity contribution is -0.212. The molecule has 11 heteroatoms. The summed E-state index contributed by atoms with van der Waals surface area (Å²) >= 11 is 0. The van der Waals surface area contributed by atoms with Crippen molar-refractivity contribution in [1.29, 1.82) is 0 Å². The van der Waals surface area contributed by atoms with E-state index in [1.54, 1.807) is 6.07 Å². The van der Waals surface area contributed by atoms with Gasteiger partial charge in [0.25, 0.3) is 0 Å². The molecule has 2 bridgehead atoms. The molecule has 8 atom stereocenters. The molecule has 1 heterocycles. The van der Waals surface area contributed by atoms with Gasteiger partial charge >= 0.3 is 13.1 Å². The number of amides is 1. The normalized spacial score (nSPS) is 38.0. The minimum Gasteiger partial charge on any atom is -0.479 e. The third-order valence-corrected chi connectivity index (χ3v) is 11.1. The van der Waals surface area contributed by atoms with E-state index >= 15 is 4.39 Å². The number of carbonyl (C=O) groups excluding carboxylic acids is 3. The van der Waals surface area contributed by atoms with Crippen molar-refractivity contribution in [1.82, 2.24) is 5.32 Å².